The number of aryl methyl sites for hydroxylation is 1. The van der Waals surface area contributed by atoms with E-state index in [1.54, 1.807) is 11.3 Å². The summed E-state index contributed by atoms with van der Waals surface area (Å²) in [5.74, 6) is 0.577. The van der Waals surface area contributed by atoms with Gasteiger partial charge in [-0.15, -0.1) is 11.3 Å². The van der Waals surface area contributed by atoms with Crippen molar-refractivity contribution in [3.8, 4) is 10.6 Å². The summed E-state index contributed by atoms with van der Waals surface area (Å²) in [5.41, 5.74) is 7.74. The van der Waals surface area contributed by atoms with Gasteiger partial charge in [-0.2, -0.15) is 0 Å². The van der Waals surface area contributed by atoms with Crippen molar-refractivity contribution < 1.29 is 0 Å². The molecule has 0 aliphatic carbocycles. The Kier molecular flexibility index (Phi) is 2.97. The fourth-order valence-electron chi connectivity index (χ4n) is 1.37. The molecule has 0 amide bonds. The minimum atomic E-state index is 0.577. The Labute approximate surface area is 93.0 Å². The van der Waals surface area contributed by atoms with Crippen molar-refractivity contribution in [3.05, 3.63) is 29.4 Å². The molecule has 4 heteroatoms. The third-order valence-corrected chi connectivity index (χ3v) is 3.01. The van der Waals surface area contributed by atoms with Crippen LogP contribution in [0.4, 0.5) is 5.82 Å². The van der Waals surface area contributed by atoms with Crippen LogP contribution in [-0.4, -0.2) is 9.97 Å². The van der Waals surface area contributed by atoms with Crippen molar-refractivity contribution in [2.24, 2.45) is 0 Å². The highest BCUT2D eigenvalue weighted by atomic mass is 32.1. The third-order valence-electron chi connectivity index (χ3n) is 2.10. The largest absolute Gasteiger partial charge is 0.383 e. The Morgan fingerprint density at radius 1 is 1.40 bits per heavy atom. The highest BCUT2D eigenvalue weighted by molar-refractivity contribution is 7.13. The second kappa shape index (κ2) is 4.40. The number of pyridine rings is 1. The van der Waals surface area contributed by atoms with Gasteiger partial charge in [-0.3, -0.25) is 4.98 Å². The van der Waals surface area contributed by atoms with Gasteiger partial charge in [0.25, 0.3) is 0 Å². The number of rotatable bonds is 3. The lowest BCUT2D eigenvalue weighted by Gasteiger charge is -1.99. The number of nitrogen functional groups attached to an aromatic ring is 1. The fourth-order valence-corrected chi connectivity index (χ4v) is 2.07. The lowest BCUT2D eigenvalue weighted by molar-refractivity contribution is 0.883. The molecule has 2 rings (SSSR count). The summed E-state index contributed by atoms with van der Waals surface area (Å²) >= 11 is 1.55. The second-order valence-corrected chi connectivity index (χ2v) is 4.22. The molecule has 2 heterocycles. The van der Waals surface area contributed by atoms with Gasteiger partial charge in [-0.1, -0.05) is 13.3 Å². The van der Waals surface area contributed by atoms with Crippen molar-refractivity contribution in [1.29, 1.82) is 0 Å². The molecule has 2 aromatic rings. The van der Waals surface area contributed by atoms with Crippen LogP contribution in [0.25, 0.3) is 10.6 Å². The Bertz CT molecular complexity index is 433. The van der Waals surface area contributed by atoms with Crippen molar-refractivity contribution >= 4 is 17.2 Å². The molecule has 3 nitrogen and oxygen atoms in total. The molecule has 2 N–H and O–H groups in total. The minimum Gasteiger partial charge on any atom is -0.383 e. The monoisotopic (exact) mass is 219 g/mol. The van der Waals surface area contributed by atoms with Crippen molar-refractivity contribution in [1.82, 2.24) is 9.97 Å². The molecule has 78 valence electrons. The van der Waals surface area contributed by atoms with Gasteiger partial charge < -0.3 is 5.73 Å². The van der Waals surface area contributed by atoms with E-state index in [-0.39, 0.29) is 0 Å². The molecular formula is C11H13N3S. The van der Waals surface area contributed by atoms with Crippen molar-refractivity contribution in [2.75, 3.05) is 5.73 Å². The van der Waals surface area contributed by atoms with Gasteiger partial charge in [-0.05, 0) is 18.6 Å². The van der Waals surface area contributed by atoms with E-state index >= 15 is 0 Å². The molecule has 0 bridgehead atoms. The van der Waals surface area contributed by atoms with E-state index in [1.807, 2.05) is 11.6 Å². The van der Waals surface area contributed by atoms with Gasteiger partial charge in [0.1, 0.15) is 10.8 Å². The zero-order valence-corrected chi connectivity index (χ0v) is 9.42. The molecule has 0 spiro atoms. The molecular weight excluding hydrogens is 206 g/mol. The number of aromatic nitrogens is 2. The minimum absolute atomic E-state index is 0.577. The average molecular weight is 219 g/mol. The average Bonchev–Trinajstić information content (AvgIpc) is 2.67. The Morgan fingerprint density at radius 3 is 2.80 bits per heavy atom. The van der Waals surface area contributed by atoms with Gasteiger partial charge in [0, 0.05) is 22.8 Å². The SMILES string of the molecule is CCCc1ccc(-c2nc(N)cs2)cn1. The van der Waals surface area contributed by atoms with Gasteiger partial charge in [0.2, 0.25) is 0 Å². The molecule has 0 radical (unpaired) electrons. The van der Waals surface area contributed by atoms with Crippen LogP contribution in [0.15, 0.2) is 23.7 Å². The standard InChI is InChI=1S/C11H13N3S/c1-2-3-9-5-4-8(6-13-9)11-14-10(12)7-15-11/h4-7H,2-3,12H2,1H3. The van der Waals surface area contributed by atoms with Gasteiger partial charge in [0.05, 0.1) is 0 Å². The highest BCUT2D eigenvalue weighted by Crippen LogP contribution is 2.23. The molecule has 0 saturated carbocycles. The van der Waals surface area contributed by atoms with Gasteiger partial charge >= 0.3 is 0 Å². The summed E-state index contributed by atoms with van der Waals surface area (Å²) < 4.78 is 0. The van der Waals surface area contributed by atoms with Crippen molar-refractivity contribution in [3.63, 3.8) is 0 Å². The summed E-state index contributed by atoms with van der Waals surface area (Å²) in [6.45, 7) is 2.15. The predicted octanol–water partition coefficient (Wildman–Crippen LogP) is 2.74. The first kappa shape index (κ1) is 10.1. The molecule has 2 aromatic heterocycles. The molecule has 0 fully saturated rings. The normalized spacial score (nSPS) is 10.5. The van der Waals surface area contributed by atoms with Crippen LogP contribution in [0.1, 0.15) is 19.0 Å². The van der Waals surface area contributed by atoms with E-state index in [0.29, 0.717) is 5.82 Å². The van der Waals surface area contributed by atoms with E-state index in [4.69, 9.17) is 5.73 Å². The Balaban J connectivity index is 2.23. The summed E-state index contributed by atoms with van der Waals surface area (Å²) in [7, 11) is 0. The van der Waals surface area contributed by atoms with Gasteiger partial charge in [0.15, 0.2) is 0 Å². The molecule has 0 saturated heterocycles. The van der Waals surface area contributed by atoms with Crippen LogP contribution in [0.5, 0.6) is 0 Å². The van der Waals surface area contributed by atoms with Crippen LogP contribution in [0, 0.1) is 0 Å². The summed E-state index contributed by atoms with van der Waals surface area (Å²) in [4.78, 5) is 8.59. The van der Waals surface area contributed by atoms with E-state index < -0.39 is 0 Å². The molecule has 0 atom stereocenters. The molecule has 0 aromatic carbocycles. The van der Waals surface area contributed by atoms with Crippen LogP contribution in [0.3, 0.4) is 0 Å². The zero-order valence-electron chi connectivity index (χ0n) is 8.60. The second-order valence-electron chi connectivity index (χ2n) is 3.37. The van der Waals surface area contributed by atoms with Gasteiger partial charge in [-0.25, -0.2) is 4.98 Å². The molecule has 0 aliphatic rings. The fraction of sp³-hybridized carbons (Fsp3) is 0.273. The first-order chi connectivity index (χ1) is 7.29. The predicted molar refractivity (Wildman–Crippen MR) is 63.8 cm³/mol. The molecule has 0 aliphatic heterocycles. The van der Waals surface area contributed by atoms with E-state index in [2.05, 4.69) is 29.0 Å². The number of hydrogen-bond acceptors (Lipinski definition) is 4. The topological polar surface area (TPSA) is 51.8 Å². The Morgan fingerprint density at radius 2 is 2.27 bits per heavy atom. The smallest absolute Gasteiger partial charge is 0.135 e. The third kappa shape index (κ3) is 2.33. The number of thiazole rings is 1. The maximum absolute atomic E-state index is 5.57. The summed E-state index contributed by atoms with van der Waals surface area (Å²) in [6, 6.07) is 4.10. The lowest BCUT2D eigenvalue weighted by atomic mass is 10.2. The van der Waals surface area contributed by atoms with Crippen LogP contribution in [0.2, 0.25) is 0 Å². The highest BCUT2D eigenvalue weighted by Gasteiger charge is 2.03. The van der Waals surface area contributed by atoms with E-state index in [9.17, 15) is 0 Å². The Hall–Kier alpha value is -1.42. The van der Waals surface area contributed by atoms with Crippen LogP contribution < -0.4 is 5.73 Å². The number of nitrogens with two attached hydrogens (primary N) is 1. The summed E-state index contributed by atoms with van der Waals surface area (Å²) in [5, 5.41) is 2.78. The first-order valence-corrected chi connectivity index (χ1v) is 5.84. The van der Waals surface area contributed by atoms with E-state index in [1.165, 1.54) is 0 Å². The maximum Gasteiger partial charge on any atom is 0.135 e. The van der Waals surface area contributed by atoms with Crippen molar-refractivity contribution in [2.45, 2.75) is 19.8 Å². The first-order valence-electron chi connectivity index (χ1n) is 4.96. The number of hydrogen-bond donors (Lipinski definition) is 1. The number of anilines is 1. The van der Waals surface area contributed by atoms with Crippen LogP contribution >= 0.6 is 11.3 Å². The molecule has 0 unspecified atom stereocenters. The maximum atomic E-state index is 5.57. The molecule has 15 heavy (non-hydrogen) atoms. The zero-order chi connectivity index (χ0) is 10.7. The lowest BCUT2D eigenvalue weighted by Crippen LogP contribution is -1.89. The van der Waals surface area contributed by atoms with E-state index in [0.717, 1.165) is 29.1 Å². The number of nitrogens with zero attached hydrogens (tertiary/aromatic N) is 2. The summed E-state index contributed by atoms with van der Waals surface area (Å²) in [6.07, 6.45) is 4.01. The quantitative estimate of drug-likeness (QED) is 0.863. The van der Waals surface area contributed by atoms with Crippen LogP contribution in [-0.2, 0) is 6.42 Å².